The molecular formula is C13H17N. The van der Waals surface area contributed by atoms with Crippen molar-refractivity contribution in [3.05, 3.63) is 35.4 Å². The second kappa shape index (κ2) is 2.83. The lowest BCUT2D eigenvalue weighted by atomic mass is 10.00. The highest BCUT2D eigenvalue weighted by atomic mass is 14.8. The van der Waals surface area contributed by atoms with Crippen molar-refractivity contribution in [2.75, 3.05) is 13.6 Å². The molecule has 1 unspecified atom stereocenters. The first-order valence-electron chi connectivity index (χ1n) is 5.55. The summed E-state index contributed by atoms with van der Waals surface area (Å²) in [5.74, 6) is 0.930. The van der Waals surface area contributed by atoms with Crippen LogP contribution in [-0.4, -0.2) is 13.6 Å². The summed E-state index contributed by atoms with van der Waals surface area (Å²) in [6.07, 6.45) is 4.09. The van der Waals surface area contributed by atoms with Crippen LogP contribution in [0.5, 0.6) is 0 Å². The average molecular weight is 187 g/mol. The Balaban J connectivity index is 1.80. The monoisotopic (exact) mass is 187 g/mol. The van der Waals surface area contributed by atoms with Gasteiger partial charge in [-0.15, -0.1) is 0 Å². The van der Waals surface area contributed by atoms with Crippen LogP contribution in [0.25, 0.3) is 0 Å². The number of nitrogens with one attached hydrogen (secondary N) is 1. The molecule has 0 saturated heterocycles. The summed E-state index contributed by atoms with van der Waals surface area (Å²) in [6.45, 7) is 1.20. The largest absolute Gasteiger partial charge is 0.319 e. The molecule has 2 aliphatic carbocycles. The topological polar surface area (TPSA) is 12.0 Å². The Kier molecular flexibility index (Phi) is 1.72. The molecule has 0 aliphatic heterocycles. The van der Waals surface area contributed by atoms with Gasteiger partial charge in [0.1, 0.15) is 0 Å². The molecule has 74 valence electrons. The highest BCUT2D eigenvalue weighted by Gasteiger charge is 2.55. The summed E-state index contributed by atoms with van der Waals surface area (Å²) in [6, 6.07) is 8.96. The van der Waals surface area contributed by atoms with Crippen molar-refractivity contribution in [3.8, 4) is 0 Å². The summed E-state index contributed by atoms with van der Waals surface area (Å²) in [7, 11) is 2.06. The SMILES string of the molecule is CNCC1CC12Cc1ccccc1C2. The van der Waals surface area contributed by atoms with Gasteiger partial charge < -0.3 is 5.32 Å². The standard InChI is InChI=1S/C13H17N/c1-14-9-12-8-13(12)6-10-4-2-3-5-11(10)7-13/h2-5,12,14H,6-9H2,1H3. The molecule has 1 N–H and O–H groups in total. The highest BCUT2D eigenvalue weighted by molar-refractivity contribution is 5.37. The lowest BCUT2D eigenvalue weighted by Crippen LogP contribution is -2.15. The molecule has 14 heavy (non-hydrogen) atoms. The maximum absolute atomic E-state index is 3.31. The van der Waals surface area contributed by atoms with E-state index in [1.54, 1.807) is 11.1 Å². The molecule has 1 heteroatoms. The molecule has 1 saturated carbocycles. The zero-order chi connectivity index (χ0) is 9.60. The van der Waals surface area contributed by atoms with Gasteiger partial charge >= 0.3 is 0 Å². The highest BCUT2D eigenvalue weighted by Crippen LogP contribution is 2.60. The van der Waals surface area contributed by atoms with Crippen LogP contribution in [0.4, 0.5) is 0 Å². The first-order valence-corrected chi connectivity index (χ1v) is 5.55. The molecule has 1 fully saturated rings. The second-order valence-electron chi connectivity index (χ2n) is 4.94. The fourth-order valence-corrected chi connectivity index (χ4v) is 3.12. The number of benzene rings is 1. The second-order valence-corrected chi connectivity index (χ2v) is 4.94. The third-order valence-corrected chi connectivity index (χ3v) is 4.01. The van der Waals surface area contributed by atoms with E-state index < -0.39 is 0 Å². The van der Waals surface area contributed by atoms with Gasteiger partial charge in [0.15, 0.2) is 0 Å². The summed E-state index contributed by atoms with van der Waals surface area (Å²) >= 11 is 0. The number of rotatable bonds is 2. The van der Waals surface area contributed by atoms with Crippen molar-refractivity contribution in [2.24, 2.45) is 11.3 Å². The van der Waals surface area contributed by atoms with Crippen LogP contribution in [0.15, 0.2) is 24.3 Å². The first-order chi connectivity index (χ1) is 6.84. The predicted molar refractivity (Wildman–Crippen MR) is 58.3 cm³/mol. The quantitative estimate of drug-likeness (QED) is 0.747. The molecule has 1 aromatic carbocycles. The molecule has 1 aromatic rings. The van der Waals surface area contributed by atoms with E-state index in [4.69, 9.17) is 0 Å². The zero-order valence-electron chi connectivity index (χ0n) is 8.72. The summed E-state index contributed by atoms with van der Waals surface area (Å²) in [5, 5.41) is 3.31. The Morgan fingerprint density at radius 1 is 1.29 bits per heavy atom. The minimum absolute atomic E-state index is 0.659. The minimum Gasteiger partial charge on any atom is -0.319 e. The molecule has 3 rings (SSSR count). The molecule has 0 bridgehead atoms. The molecule has 0 heterocycles. The maximum Gasteiger partial charge on any atom is -0.00178 e. The molecule has 1 atom stereocenters. The minimum atomic E-state index is 0.659. The van der Waals surface area contributed by atoms with E-state index in [0.717, 1.165) is 5.92 Å². The Bertz CT molecular complexity index is 331. The van der Waals surface area contributed by atoms with Crippen molar-refractivity contribution in [1.29, 1.82) is 0 Å². The van der Waals surface area contributed by atoms with Crippen LogP contribution in [0.1, 0.15) is 17.5 Å². The van der Waals surface area contributed by atoms with E-state index in [-0.39, 0.29) is 0 Å². The number of hydrogen-bond donors (Lipinski definition) is 1. The van der Waals surface area contributed by atoms with Crippen molar-refractivity contribution >= 4 is 0 Å². The maximum atomic E-state index is 3.31. The summed E-state index contributed by atoms with van der Waals surface area (Å²) < 4.78 is 0. The normalized spacial score (nSPS) is 26.5. The van der Waals surface area contributed by atoms with E-state index in [9.17, 15) is 0 Å². The van der Waals surface area contributed by atoms with Crippen LogP contribution >= 0.6 is 0 Å². The van der Waals surface area contributed by atoms with E-state index in [1.807, 2.05) is 0 Å². The number of hydrogen-bond acceptors (Lipinski definition) is 1. The van der Waals surface area contributed by atoms with Gasteiger partial charge in [-0.3, -0.25) is 0 Å². The zero-order valence-corrected chi connectivity index (χ0v) is 8.72. The Hall–Kier alpha value is -0.820. The van der Waals surface area contributed by atoms with E-state index >= 15 is 0 Å². The van der Waals surface area contributed by atoms with Crippen LogP contribution in [0, 0.1) is 11.3 Å². The lowest BCUT2D eigenvalue weighted by Gasteiger charge is -2.07. The third kappa shape index (κ3) is 1.12. The third-order valence-electron chi connectivity index (χ3n) is 4.01. The Labute approximate surface area is 85.5 Å². The molecular weight excluding hydrogens is 170 g/mol. The summed E-state index contributed by atoms with van der Waals surface area (Å²) in [5.41, 5.74) is 3.87. The fraction of sp³-hybridized carbons (Fsp3) is 0.538. The first kappa shape index (κ1) is 8.49. The molecule has 0 radical (unpaired) electrons. The van der Waals surface area contributed by atoms with Crippen LogP contribution < -0.4 is 5.32 Å². The van der Waals surface area contributed by atoms with Gasteiger partial charge in [0.25, 0.3) is 0 Å². The van der Waals surface area contributed by atoms with Crippen LogP contribution in [0.3, 0.4) is 0 Å². The molecule has 1 spiro atoms. The van der Waals surface area contributed by atoms with Gasteiger partial charge in [0.05, 0.1) is 0 Å². The van der Waals surface area contributed by atoms with E-state index in [0.29, 0.717) is 5.41 Å². The smallest absolute Gasteiger partial charge is 0.00178 e. The van der Waals surface area contributed by atoms with E-state index in [1.165, 1.54) is 25.8 Å². The lowest BCUT2D eigenvalue weighted by molar-refractivity contribution is 0.471. The van der Waals surface area contributed by atoms with Crippen molar-refractivity contribution < 1.29 is 0 Å². The van der Waals surface area contributed by atoms with Gasteiger partial charge in [-0.25, -0.2) is 0 Å². The van der Waals surface area contributed by atoms with Gasteiger partial charge in [0.2, 0.25) is 0 Å². The van der Waals surface area contributed by atoms with Gasteiger partial charge in [-0.2, -0.15) is 0 Å². The van der Waals surface area contributed by atoms with Crippen LogP contribution in [-0.2, 0) is 12.8 Å². The van der Waals surface area contributed by atoms with Crippen molar-refractivity contribution in [2.45, 2.75) is 19.3 Å². The summed E-state index contributed by atoms with van der Waals surface area (Å²) in [4.78, 5) is 0. The predicted octanol–water partition coefficient (Wildman–Crippen LogP) is 2.01. The Morgan fingerprint density at radius 2 is 1.93 bits per heavy atom. The van der Waals surface area contributed by atoms with Gasteiger partial charge in [0, 0.05) is 0 Å². The van der Waals surface area contributed by atoms with Crippen molar-refractivity contribution in [3.63, 3.8) is 0 Å². The Morgan fingerprint density at radius 3 is 2.50 bits per heavy atom. The average Bonchev–Trinajstić information content (AvgIpc) is 2.72. The molecule has 2 aliphatic rings. The van der Waals surface area contributed by atoms with E-state index in [2.05, 4.69) is 36.6 Å². The van der Waals surface area contributed by atoms with Crippen LogP contribution in [0.2, 0.25) is 0 Å². The molecule has 0 amide bonds. The van der Waals surface area contributed by atoms with Crippen molar-refractivity contribution in [1.82, 2.24) is 5.32 Å². The fourth-order valence-electron chi connectivity index (χ4n) is 3.12. The van der Waals surface area contributed by atoms with Gasteiger partial charge in [-0.05, 0) is 55.3 Å². The number of fused-ring (bicyclic) bond motifs is 1. The molecule has 0 aromatic heterocycles. The molecule has 1 nitrogen and oxygen atoms in total. The van der Waals surface area contributed by atoms with Gasteiger partial charge in [-0.1, -0.05) is 24.3 Å².